The van der Waals surface area contributed by atoms with E-state index in [2.05, 4.69) is 0 Å². The van der Waals surface area contributed by atoms with Crippen molar-refractivity contribution in [3.63, 3.8) is 0 Å². The molecule has 1 aliphatic rings. The van der Waals surface area contributed by atoms with Crippen LogP contribution in [0.1, 0.15) is 44.3 Å². The van der Waals surface area contributed by atoms with Crippen molar-refractivity contribution in [2.75, 3.05) is 0 Å². The topological polar surface area (TPSA) is 93.9 Å². The highest BCUT2D eigenvalue weighted by molar-refractivity contribution is 6.32. The Kier molecular flexibility index (Phi) is 5.15. The summed E-state index contributed by atoms with van der Waals surface area (Å²) in [6.45, 7) is 4.77. The first-order valence-electron chi connectivity index (χ1n) is 9.55. The van der Waals surface area contributed by atoms with Gasteiger partial charge < -0.3 is 9.15 Å². The number of carbonyl (C=O) groups is 3. The van der Waals surface area contributed by atoms with E-state index in [0.717, 1.165) is 16.0 Å². The van der Waals surface area contributed by atoms with Crippen LogP contribution in [0.2, 0.25) is 5.02 Å². The number of hydrogen-bond acceptors (Lipinski definition) is 6. The van der Waals surface area contributed by atoms with Crippen molar-refractivity contribution in [3.05, 3.63) is 79.7 Å². The van der Waals surface area contributed by atoms with E-state index >= 15 is 0 Å². The molecule has 0 aliphatic carbocycles. The van der Waals surface area contributed by atoms with Crippen molar-refractivity contribution in [1.29, 1.82) is 0 Å². The number of ether oxygens (including phenoxy) is 1. The van der Waals surface area contributed by atoms with Gasteiger partial charge in [0, 0.05) is 22.0 Å². The number of imide groups is 1. The molecule has 2 aromatic carbocycles. The molecule has 3 aromatic rings. The van der Waals surface area contributed by atoms with Crippen LogP contribution in [0.4, 0.5) is 0 Å². The van der Waals surface area contributed by atoms with Gasteiger partial charge in [0.1, 0.15) is 18.2 Å². The van der Waals surface area contributed by atoms with Gasteiger partial charge in [-0.2, -0.15) is 0 Å². The van der Waals surface area contributed by atoms with E-state index in [9.17, 15) is 19.2 Å². The Bertz CT molecular complexity index is 1330. The molecule has 7 nitrogen and oxygen atoms in total. The van der Waals surface area contributed by atoms with E-state index in [1.165, 1.54) is 13.0 Å². The Morgan fingerprint density at radius 1 is 1.06 bits per heavy atom. The highest BCUT2D eigenvalue weighted by Crippen LogP contribution is 2.27. The zero-order valence-corrected chi connectivity index (χ0v) is 17.8. The predicted octanol–water partition coefficient (Wildman–Crippen LogP) is 3.79. The first kappa shape index (κ1) is 20.8. The molecular weight excluding hydrogens is 422 g/mol. The summed E-state index contributed by atoms with van der Waals surface area (Å²) in [6.07, 6.45) is 0. The molecule has 0 spiro atoms. The molecule has 158 valence electrons. The molecule has 0 bridgehead atoms. The van der Waals surface area contributed by atoms with Crippen molar-refractivity contribution in [3.8, 4) is 0 Å². The number of amides is 2. The molecule has 31 heavy (non-hydrogen) atoms. The van der Waals surface area contributed by atoms with Gasteiger partial charge in [-0.15, -0.1) is 0 Å². The summed E-state index contributed by atoms with van der Waals surface area (Å²) in [6, 6.07) is 8.28. The van der Waals surface area contributed by atoms with Gasteiger partial charge >= 0.3 is 11.6 Å². The lowest BCUT2D eigenvalue weighted by Crippen LogP contribution is -2.43. The van der Waals surface area contributed by atoms with Gasteiger partial charge in [-0.3, -0.25) is 14.5 Å². The maximum atomic E-state index is 12.7. The SMILES string of the molecule is Cc1ccc2c(c1)C(=O)N(C(C)C(=O)OCc1cc(=O)oc3cc(C)c(Cl)cc13)C2=O. The molecule has 0 saturated heterocycles. The third-order valence-corrected chi connectivity index (χ3v) is 5.69. The van der Waals surface area contributed by atoms with Crippen LogP contribution in [0.25, 0.3) is 11.0 Å². The first-order valence-corrected chi connectivity index (χ1v) is 9.93. The van der Waals surface area contributed by atoms with Crippen LogP contribution in [0.15, 0.2) is 45.6 Å². The summed E-state index contributed by atoms with van der Waals surface area (Å²) in [5, 5.41) is 1.01. The number of nitrogens with zero attached hydrogens (tertiary/aromatic N) is 1. The van der Waals surface area contributed by atoms with Crippen molar-refractivity contribution in [1.82, 2.24) is 4.90 Å². The molecule has 8 heteroatoms. The fourth-order valence-corrected chi connectivity index (χ4v) is 3.73. The first-order chi connectivity index (χ1) is 14.7. The number of benzene rings is 2. The van der Waals surface area contributed by atoms with Crippen molar-refractivity contribution < 1.29 is 23.5 Å². The number of fused-ring (bicyclic) bond motifs is 2. The Labute approximate surface area is 182 Å². The standard InChI is InChI=1S/C23H18ClNO6/c1-11-4-5-15-17(6-11)22(28)25(21(15)27)13(3)23(29)30-10-14-8-20(26)31-19-7-12(2)18(24)9-16(14)19/h4-9,13H,10H2,1-3H3. The minimum absolute atomic E-state index is 0.243. The Balaban J connectivity index is 1.56. The van der Waals surface area contributed by atoms with Crippen LogP contribution in [-0.2, 0) is 16.1 Å². The van der Waals surface area contributed by atoms with Crippen LogP contribution < -0.4 is 5.63 Å². The van der Waals surface area contributed by atoms with Gasteiger partial charge in [-0.05, 0) is 50.6 Å². The zero-order chi connectivity index (χ0) is 22.4. The number of rotatable bonds is 4. The molecule has 4 rings (SSSR count). The van der Waals surface area contributed by atoms with E-state index in [1.807, 2.05) is 6.92 Å². The highest BCUT2D eigenvalue weighted by Gasteiger charge is 2.41. The molecular formula is C23H18ClNO6. The van der Waals surface area contributed by atoms with Crippen LogP contribution >= 0.6 is 11.6 Å². The number of halogens is 1. The summed E-state index contributed by atoms with van der Waals surface area (Å²) in [5.74, 6) is -1.86. The third kappa shape index (κ3) is 3.61. The van der Waals surface area contributed by atoms with Crippen LogP contribution in [0, 0.1) is 13.8 Å². The molecule has 0 N–H and O–H groups in total. The minimum atomic E-state index is -1.13. The van der Waals surface area contributed by atoms with E-state index in [-0.39, 0.29) is 17.7 Å². The lowest BCUT2D eigenvalue weighted by atomic mass is 10.1. The van der Waals surface area contributed by atoms with E-state index < -0.39 is 29.5 Å². The van der Waals surface area contributed by atoms with E-state index in [1.54, 1.807) is 37.3 Å². The van der Waals surface area contributed by atoms with E-state index in [4.69, 9.17) is 20.8 Å². The Morgan fingerprint density at radius 2 is 1.77 bits per heavy atom. The Hall–Kier alpha value is -3.45. The zero-order valence-electron chi connectivity index (χ0n) is 17.0. The fraction of sp³-hybridized carbons (Fsp3) is 0.217. The van der Waals surface area contributed by atoms with Gasteiger partial charge in [-0.25, -0.2) is 9.59 Å². The highest BCUT2D eigenvalue weighted by atomic mass is 35.5. The molecule has 1 unspecified atom stereocenters. The van der Waals surface area contributed by atoms with Gasteiger partial charge in [0.25, 0.3) is 11.8 Å². The lowest BCUT2D eigenvalue weighted by Gasteiger charge is -2.21. The number of aryl methyl sites for hydroxylation is 2. The third-order valence-electron chi connectivity index (χ3n) is 5.28. The maximum absolute atomic E-state index is 12.7. The minimum Gasteiger partial charge on any atom is -0.459 e. The largest absolute Gasteiger partial charge is 0.459 e. The van der Waals surface area contributed by atoms with Crippen molar-refractivity contribution >= 4 is 40.4 Å². The van der Waals surface area contributed by atoms with Crippen molar-refractivity contribution in [2.24, 2.45) is 0 Å². The molecule has 1 aromatic heterocycles. The summed E-state index contributed by atoms with van der Waals surface area (Å²) in [5.41, 5.74) is 2.23. The fourth-order valence-electron chi connectivity index (χ4n) is 3.57. The maximum Gasteiger partial charge on any atom is 0.336 e. The second-order valence-electron chi connectivity index (χ2n) is 7.50. The molecule has 0 saturated carbocycles. The van der Waals surface area contributed by atoms with Crippen molar-refractivity contribution in [2.45, 2.75) is 33.4 Å². The van der Waals surface area contributed by atoms with Gasteiger partial charge in [0.15, 0.2) is 0 Å². The summed E-state index contributed by atoms with van der Waals surface area (Å²) in [7, 11) is 0. The smallest absolute Gasteiger partial charge is 0.336 e. The summed E-state index contributed by atoms with van der Waals surface area (Å²) < 4.78 is 10.5. The van der Waals surface area contributed by atoms with Gasteiger partial charge in [-0.1, -0.05) is 23.2 Å². The average molecular weight is 440 g/mol. The van der Waals surface area contributed by atoms with Crippen LogP contribution in [-0.4, -0.2) is 28.7 Å². The number of esters is 1. The van der Waals surface area contributed by atoms with Gasteiger partial charge in [0.05, 0.1) is 11.1 Å². The monoisotopic (exact) mass is 439 g/mol. The normalized spacial score (nSPS) is 14.1. The van der Waals surface area contributed by atoms with Crippen LogP contribution in [0.3, 0.4) is 0 Å². The average Bonchev–Trinajstić information content (AvgIpc) is 2.96. The lowest BCUT2D eigenvalue weighted by molar-refractivity contribution is -0.149. The van der Waals surface area contributed by atoms with Crippen LogP contribution in [0.5, 0.6) is 0 Å². The Morgan fingerprint density at radius 3 is 2.52 bits per heavy atom. The van der Waals surface area contributed by atoms with E-state index in [0.29, 0.717) is 21.6 Å². The predicted molar refractivity (Wildman–Crippen MR) is 113 cm³/mol. The summed E-state index contributed by atoms with van der Waals surface area (Å²) >= 11 is 6.18. The quantitative estimate of drug-likeness (QED) is 0.349. The molecule has 0 radical (unpaired) electrons. The van der Waals surface area contributed by atoms with Gasteiger partial charge in [0.2, 0.25) is 0 Å². The number of carbonyl (C=O) groups excluding carboxylic acids is 3. The second-order valence-corrected chi connectivity index (χ2v) is 7.91. The molecule has 2 heterocycles. The number of hydrogen-bond donors (Lipinski definition) is 0. The second kappa shape index (κ2) is 7.67. The molecule has 2 amide bonds. The molecule has 1 aliphatic heterocycles. The molecule has 0 fully saturated rings. The summed E-state index contributed by atoms with van der Waals surface area (Å²) in [4.78, 5) is 50.8. The molecule has 1 atom stereocenters.